The standard InChI is InChI=1S/C25H23F2N3O3/c1-29-20-9-5-6-10-21(20)30(25(29)32)16-15-22(31)28-23(17-7-3-2-4-8-17)18-11-13-19(14-12-18)33-24(26)27/h2-14,23-24H,15-16H2,1H3,(H,28,31). The van der Waals surface area contributed by atoms with Crippen LogP contribution < -0.4 is 15.7 Å². The van der Waals surface area contributed by atoms with Gasteiger partial charge in [0.25, 0.3) is 0 Å². The van der Waals surface area contributed by atoms with Crippen molar-refractivity contribution < 1.29 is 18.3 Å². The topological polar surface area (TPSA) is 65.3 Å². The minimum absolute atomic E-state index is 0.0437. The third-order valence-corrected chi connectivity index (χ3v) is 5.49. The average molecular weight is 451 g/mol. The molecule has 1 aromatic heterocycles. The molecule has 1 atom stereocenters. The summed E-state index contributed by atoms with van der Waals surface area (Å²) < 4.78 is 32.5. The van der Waals surface area contributed by atoms with Crippen molar-refractivity contribution in [2.45, 2.75) is 25.6 Å². The first-order valence-corrected chi connectivity index (χ1v) is 10.5. The molecule has 6 nitrogen and oxygen atoms in total. The number of ether oxygens (including phenoxy) is 1. The first kappa shape index (κ1) is 22.3. The first-order chi connectivity index (χ1) is 15.9. The Hall–Kier alpha value is -3.94. The molecule has 0 fully saturated rings. The summed E-state index contributed by atoms with van der Waals surface area (Å²) in [6, 6.07) is 22.5. The lowest BCUT2D eigenvalue weighted by molar-refractivity contribution is -0.121. The molecule has 0 aliphatic heterocycles. The van der Waals surface area contributed by atoms with E-state index in [1.807, 2.05) is 54.6 Å². The number of rotatable bonds is 8. The van der Waals surface area contributed by atoms with Crippen molar-refractivity contribution in [3.8, 4) is 5.75 Å². The lowest BCUT2D eigenvalue weighted by Gasteiger charge is -2.20. The second kappa shape index (κ2) is 9.68. The van der Waals surface area contributed by atoms with Crippen LogP contribution in [0.2, 0.25) is 0 Å². The predicted molar refractivity (Wildman–Crippen MR) is 121 cm³/mol. The van der Waals surface area contributed by atoms with E-state index in [-0.39, 0.29) is 30.3 Å². The Kier molecular flexibility index (Phi) is 6.53. The van der Waals surface area contributed by atoms with Crippen LogP contribution in [0.3, 0.4) is 0 Å². The van der Waals surface area contributed by atoms with Gasteiger partial charge in [-0.15, -0.1) is 0 Å². The van der Waals surface area contributed by atoms with E-state index in [2.05, 4.69) is 10.1 Å². The third-order valence-electron chi connectivity index (χ3n) is 5.49. The number of halogens is 2. The molecule has 1 N–H and O–H groups in total. The molecule has 0 saturated carbocycles. The van der Waals surface area contributed by atoms with Crippen molar-refractivity contribution in [3.05, 3.63) is 100 Å². The number of amides is 1. The van der Waals surface area contributed by atoms with Crippen molar-refractivity contribution >= 4 is 16.9 Å². The van der Waals surface area contributed by atoms with Gasteiger partial charge in [-0.25, -0.2) is 4.79 Å². The van der Waals surface area contributed by atoms with E-state index in [4.69, 9.17) is 0 Å². The number of imidazole rings is 1. The summed E-state index contributed by atoms with van der Waals surface area (Å²) >= 11 is 0. The number of aryl methyl sites for hydroxylation is 2. The molecule has 0 spiro atoms. The molecular weight excluding hydrogens is 428 g/mol. The van der Waals surface area contributed by atoms with Crippen LogP contribution in [0, 0.1) is 0 Å². The quantitative estimate of drug-likeness (QED) is 0.436. The lowest BCUT2D eigenvalue weighted by atomic mass is 9.98. The summed E-state index contributed by atoms with van der Waals surface area (Å²) in [5.41, 5.74) is 2.95. The number of hydrogen-bond acceptors (Lipinski definition) is 3. The van der Waals surface area contributed by atoms with E-state index in [1.54, 1.807) is 28.3 Å². The van der Waals surface area contributed by atoms with Crippen LogP contribution in [-0.2, 0) is 18.4 Å². The van der Waals surface area contributed by atoms with Crippen LogP contribution in [0.15, 0.2) is 83.7 Å². The van der Waals surface area contributed by atoms with E-state index >= 15 is 0 Å². The molecule has 1 heterocycles. The first-order valence-electron chi connectivity index (χ1n) is 10.5. The number of alkyl halides is 2. The average Bonchev–Trinajstić information content (AvgIpc) is 3.07. The molecule has 1 amide bonds. The number of carbonyl (C=O) groups is 1. The van der Waals surface area contributed by atoms with Crippen molar-refractivity contribution in [2.75, 3.05) is 0 Å². The molecule has 3 aromatic carbocycles. The van der Waals surface area contributed by atoms with Crippen molar-refractivity contribution in [1.82, 2.24) is 14.5 Å². The van der Waals surface area contributed by atoms with Crippen molar-refractivity contribution in [2.24, 2.45) is 7.05 Å². The maximum Gasteiger partial charge on any atom is 0.387 e. The number of fused-ring (bicyclic) bond motifs is 1. The summed E-state index contributed by atoms with van der Waals surface area (Å²) in [4.78, 5) is 25.5. The zero-order valence-electron chi connectivity index (χ0n) is 17.9. The number of hydrogen-bond donors (Lipinski definition) is 1. The summed E-state index contributed by atoms with van der Waals surface area (Å²) in [7, 11) is 1.70. The van der Waals surface area contributed by atoms with Gasteiger partial charge in [0.05, 0.1) is 17.1 Å². The maximum atomic E-state index is 12.9. The van der Waals surface area contributed by atoms with Gasteiger partial charge < -0.3 is 10.1 Å². The normalized spacial score (nSPS) is 12.1. The summed E-state index contributed by atoms with van der Waals surface area (Å²) in [5, 5.41) is 3.00. The van der Waals surface area contributed by atoms with E-state index in [0.29, 0.717) is 0 Å². The number of benzene rings is 3. The molecule has 33 heavy (non-hydrogen) atoms. The van der Waals surface area contributed by atoms with Gasteiger partial charge in [-0.1, -0.05) is 54.6 Å². The Labute approximate surface area is 189 Å². The van der Waals surface area contributed by atoms with Crippen LogP contribution in [0.1, 0.15) is 23.6 Å². The van der Waals surface area contributed by atoms with Gasteiger partial charge in [0.15, 0.2) is 0 Å². The second-order valence-electron chi connectivity index (χ2n) is 7.59. The minimum Gasteiger partial charge on any atom is -0.435 e. The van der Waals surface area contributed by atoms with Crippen molar-refractivity contribution in [3.63, 3.8) is 0 Å². The molecular formula is C25H23F2N3O3. The zero-order valence-corrected chi connectivity index (χ0v) is 17.9. The van der Waals surface area contributed by atoms with Gasteiger partial charge >= 0.3 is 12.3 Å². The highest BCUT2D eigenvalue weighted by Crippen LogP contribution is 2.25. The number of carbonyl (C=O) groups excluding carboxylic acids is 1. The fourth-order valence-corrected chi connectivity index (χ4v) is 3.87. The smallest absolute Gasteiger partial charge is 0.387 e. The number of aromatic nitrogens is 2. The molecule has 0 bridgehead atoms. The van der Waals surface area contributed by atoms with Crippen LogP contribution in [-0.4, -0.2) is 21.7 Å². The number of nitrogens with one attached hydrogen (secondary N) is 1. The number of para-hydroxylation sites is 2. The Bertz CT molecular complexity index is 1300. The molecule has 1 unspecified atom stereocenters. The zero-order chi connectivity index (χ0) is 23.4. The summed E-state index contributed by atoms with van der Waals surface area (Å²) in [5.74, 6) is -0.196. The van der Waals surface area contributed by atoms with E-state index in [9.17, 15) is 18.4 Å². The monoisotopic (exact) mass is 451 g/mol. The maximum absolute atomic E-state index is 12.9. The highest BCUT2D eigenvalue weighted by Gasteiger charge is 2.18. The van der Waals surface area contributed by atoms with Crippen LogP contribution >= 0.6 is 0 Å². The Morgan fingerprint density at radius 2 is 1.52 bits per heavy atom. The molecule has 0 aliphatic carbocycles. The summed E-state index contributed by atoms with van der Waals surface area (Å²) in [6.07, 6.45) is 0.101. The van der Waals surface area contributed by atoms with Crippen LogP contribution in [0.25, 0.3) is 11.0 Å². The highest BCUT2D eigenvalue weighted by atomic mass is 19.3. The van der Waals surface area contributed by atoms with Crippen molar-refractivity contribution in [1.29, 1.82) is 0 Å². The van der Waals surface area contributed by atoms with Gasteiger partial charge in [0.2, 0.25) is 5.91 Å². The van der Waals surface area contributed by atoms with Crippen LogP contribution in [0.5, 0.6) is 5.75 Å². The van der Waals surface area contributed by atoms with E-state index < -0.39 is 12.7 Å². The highest BCUT2D eigenvalue weighted by molar-refractivity contribution is 5.78. The lowest BCUT2D eigenvalue weighted by Crippen LogP contribution is -2.31. The molecule has 170 valence electrons. The fourth-order valence-electron chi connectivity index (χ4n) is 3.87. The largest absolute Gasteiger partial charge is 0.435 e. The van der Waals surface area contributed by atoms with E-state index in [1.165, 1.54) is 12.1 Å². The van der Waals surface area contributed by atoms with Gasteiger partial charge in [-0.05, 0) is 35.4 Å². The third kappa shape index (κ3) is 4.95. The van der Waals surface area contributed by atoms with Gasteiger partial charge in [0, 0.05) is 20.0 Å². The number of nitrogens with zero attached hydrogens (tertiary/aromatic N) is 2. The molecule has 4 aromatic rings. The van der Waals surface area contributed by atoms with Gasteiger partial charge in [0.1, 0.15) is 5.75 Å². The Morgan fingerprint density at radius 1 is 0.909 bits per heavy atom. The molecule has 8 heteroatoms. The Balaban J connectivity index is 1.53. The van der Waals surface area contributed by atoms with Gasteiger partial charge in [-0.2, -0.15) is 8.78 Å². The minimum atomic E-state index is -2.90. The van der Waals surface area contributed by atoms with Crippen LogP contribution in [0.4, 0.5) is 8.78 Å². The molecule has 0 aliphatic rings. The van der Waals surface area contributed by atoms with E-state index in [0.717, 1.165) is 22.2 Å². The van der Waals surface area contributed by atoms with Gasteiger partial charge in [-0.3, -0.25) is 13.9 Å². The molecule has 0 saturated heterocycles. The second-order valence-corrected chi connectivity index (χ2v) is 7.59. The summed E-state index contributed by atoms with van der Waals surface area (Å²) in [6.45, 7) is -2.67. The molecule has 4 rings (SSSR count). The SMILES string of the molecule is Cn1c(=O)n(CCC(=O)NC(c2ccccc2)c2ccc(OC(F)F)cc2)c2ccccc21. The predicted octanol–water partition coefficient (Wildman–Crippen LogP) is 4.24. The fraction of sp³-hybridized carbons (Fsp3) is 0.200. The molecule has 0 radical (unpaired) electrons. The Morgan fingerprint density at radius 3 is 2.18 bits per heavy atom.